The summed E-state index contributed by atoms with van der Waals surface area (Å²) in [5.74, 6) is -3.84. The van der Waals surface area contributed by atoms with Crippen molar-refractivity contribution >= 4 is 13.7 Å². The van der Waals surface area contributed by atoms with E-state index in [0.29, 0.717) is 17.4 Å². The maximum atomic E-state index is 16.0. The molecule has 40 heavy (non-hydrogen) atoms. The number of nitrogens with zero attached hydrogens (tertiary/aromatic N) is 1. The molecule has 1 saturated carbocycles. The zero-order valence-electron chi connectivity index (χ0n) is 22.0. The molecule has 6 atom stereocenters. The normalized spacial score (nSPS) is 29.4. The quantitative estimate of drug-likeness (QED) is 0.236. The standard InChI is InChI=1S/C25H33FN3O10P/c1-16(20(31)37-17-9-5-3-6-10-17)28-40(35,39-18-11-7-4-8-12-18)36-15-25(26)21(32)24(2,34)22(38-25)29-14-13-19(30)27-23(29)33/h4,7-8,11-14,16-17,21-22,32,34H,3,5-6,9-10,15H2,1-2H3,(H,28,35)(H,27,30,33)/t16?,21-,22?,24+,25+,40+/m0/s1. The van der Waals surface area contributed by atoms with Gasteiger partial charge in [0.2, 0.25) is 0 Å². The molecule has 2 fully saturated rings. The lowest BCUT2D eigenvalue weighted by molar-refractivity contribution is -0.204. The monoisotopic (exact) mass is 585 g/mol. The Morgan fingerprint density at radius 2 is 1.93 bits per heavy atom. The highest BCUT2D eigenvalue weighted by Crippen LogP contribution is 2.50. The van der Waals surface area contributed by atoms with Gasteiger partial charge in [-0.25, -0.2) is 13.8 Å². The van der Waals surface area contributed by atoms with Gasteiger partial charge in [0.05, 0.1) is 0 Å². The number of esters is 1. The number of aliphatic hydroxyl groups is 2. The summed E-state index contributed by atoms with van der Waals surface area (Å²) in [6.45, 7) is 1.15. The van der Waals surface area contributed by atoms with Crippen LogP contribution in [0.2, 0.25) is 0 Å². The van der Waals surface area contributed by atoms with Crippen LogP contribution in [0.25, 0.3) is 0 Å². The molecule has 0 radical (unpaired) electrons. The molecule has 1 aromatic carbocycles. The zero-order chi connectivity index (χ0) is 29.1. The van der Waals surface area contributed by atoms with Crippen LogP contribution in [0.3, 0.4) is 0 Å². The Balaban J connectivity index is 1.53. The van der Waals surface area contributed by atoms with E-state index in [1.807, 2.05) is 4.98 Å². The first kappa shape index (κ1) is 30.1. The minimum Gasteiger partial charge on any atom is -0.461 e. The van der Waals surface area contributed by atoms with Gasteiger partial charge in [-0.15, -0.1) is 0 Å². The van der Waals surface area contributed by atoms with Gasteiger partial charge < -0.3 is 24.2 Å². The number of halogens is 1. The number of alkyl halides is 1. The van der Waals surface area contributed by atoms with Crippen LogP contribution in [0.15, 0.2) is 52.2 Å². The van der Waals surface area contributed by atoms with Crippen molar-refractivity contribution in [2.75, 3.05) is 6.61 Å². The number of nitrogens with one attached hydrogen (secondary N) is 2. The van der Waals surface area contributed by atoms with Crippen LogP contribution < -0.4 is 20.9 Å². The summed E-state index contributed by atoms with van der Waals surface area (Å²) in [5.41, 5.74) is -4.16. The SMILES string of the molecule is CC(N[P@@](=O)(OC[C@@]1(F)OC(n2ccc(=O)[nH]c2=O)[C@](C)(O)[C@@H]1O)Oc1ccccc1)C(=O)OC1CCCCC1. The number of hydrogen-bond acceptors (Lipinski definition) is 10. The van der Waals surface area contributed by atoms with E-state index in [0.717, 1.165) is 38.4 Å². The van der Waals surface area contributed by atoms with Gasteiger partial charge in [0.15, 0.2) is 6.23 Å². The number of H-pyrrole nitrogens is 1. The fraction of sp³-hybridized carbons (Fsp3) is 0.560. The van der Waals surface area contributed by atoms with Gasteiger partial charge in [0.25, 0.3) is 11.4 Å². The molecular formula is C25H33FN3O10P. The van der Waals surface area contributed by atoms with Crippen LogP contribution in [0.4, 0.5) is 4.39 Å². The second-order valence-electron chi connectivity index (χ2n) is 10.1. The maximum absolute atomic E-state index is 16.0. The maximum Gasteiger partial charge on any atom is 0.459 e. The van der Waals surface area contributed by atoms with E-state index < -0.39 is 61.4 Å². The van der Waals surface area contributed by atoms with Gasteiger partial charge in [0.1, 0.15) is 36.2 Å². The molecule has 4 N–H and O–H groups in total. The largest absolute Gasteiger partial charge is 0.461 e. The highest BCUT2D eigenvalue weighted by Gasteiger charge is 2.63. The first-order valence-electron chi connectivity index (χ1n) is 12.9. The second kappa shape index (κ2) is 11.9. The molecule has 0 amide bonds. The summed E-state index contributed by atoms with van der Waals surface area (Å²) < 4.78 is 52.0. The predicted molar refractivity (Wildman–Crippen MR) is 138 cm³/mol. The van der Waals surface area contributed by atoms with Crippen molar-refractivity contribution in [2.45, 2.75) is 81.9 Å². The minimum absolute atomic E-state index is 0.0663. The number of hydrogen-bond donors (Lipinski definition) is 4. The molecule has 220 valence electrons. The van der Waals surface area contributed by atoms with Crippen molar-refractivity contribution in [3.8, 4) is 5.75 Å². The molecule has 15 heteroatoms. The second-order valence-corrected chi connectivity index (χ2v) is 11.8. The molecule has 1 aliphatic carbocycles. The van der Waals surface area contributed by atoms with Crippen LogP contribution in [0.1, 0.15) is 52.2 Å². The number of carbonyl (C=O) groups excluding carboxylic acids is 1. The lowest BCUT2D eigenvalue weighted by Crippen LogP contribution is -2.50. The Morgan fingerprint density at radius 3 is 2.58 bits per heavy atom. The number of benzene rings is 1. The summed E-state index contributed by atoms with van der Waals surface area (Å²) in [6, 6.07) is 7.51. The van der Waals surface area contributed by atoms with E-state index in [1.54, 1.807) is 18.2 Å². The van der Waals surface area contributed by atoms with Gasteiger partial charge in [0, 0.05) is 12.3 Å². The average molecular weight is 586 g/mol. The third-order valence-corrected chi connectivity index (χ3v) is 8.44. The van der Waals surface area contributed by atoms with E-state index in [1.165, 1.54) is 19.1 Å². The Morgan fingerprint density at radius 1 is 1.25 bits per heavy atom. The van der Waals surface area contributed by atoms with E-state index in [4.69, 9.17) is 18.5 Å². The molecule has 2 aliphatic rings. The lowest BCUT2D eigenvalue weighted by Gasteiger charge is -2.29. The molecule has 0 spiro atoms. The molecule has 2 unspecified atom stereocenters. The fourth-order valence-corrected chi connectivity index (χ4v) is 6.13. The van der Waals surface area contributed by atoms with E-state index >= 15 is 4.39 Å². The van der Waals surface area contributed by atoms with Crippen molar-refractivity contribution in [2.24, 2.45) is 0 Å². The molecular weight excluding hydrogens is 552 g/mol. The van der Waals surface area contributed by atoms with Crippen molar-refractivity contribution in [1.82, 2.24) is 14.6 Å². The number of aromatic amines is 1. The van der Waals surface area contributed by atoms with Gasteiger partial charge in [-0.05, 0) is 51.7 Å². The van der Waals surface area contributed by atoms with Crippen molar-refractivity contribution < 1.29 is 42.5 Å². The number of para-hydroxylation sites is 1. The van der Waals surface area contributed by atoms with Gasteiger partial charge >= 0.3 is 19.4 Å². The number of ether oxygens (including phenoxy) is 2. The lowest BCUT2D eigenvalue weighted by atomic mass is 9.95. The van der Waals surface area contributed by atoms with Crippen LogP contribution in [-0.4, -0.2) is 62.0 Å². The molecule has 2 heterocycles. The van der Waals surface area contributed by atoms with E-state index in [9.17, 15) is 29.2 Å². The van der Waals surface area contributed by atoms with Crippen LogP contribution in [0, 0.1) is 0 Å². The molecule has 1 saturated heterocycles. The first-order valence-corrected chi connectivity index (χ1v) is 14.4. The minimum atomic E-state index is -4.56. The molecule has 1 aliphatic heterocycles. The number of carbonyl (C=O) groups is 1. The number of aromatic nitrogens is 2. The average Bonchev–Trinajstić information content (AvgIpc) is 3.09. The Kier molecular flexibility index (Phi) is 8.98. The summed E-state index contributed by atoms with van der Waals surface area (Å²) in [4.78, 5) is 38.3. The van der Waals surface area contributed by atoms with Crippen molar-refractivity contribution in [3.63, 3.8) is 0 Å². The van der Waals surface area contributed by atoms with Crippen LogP contribution in [0.5, 0.6) is 5.75 Å². The van der Waals surface area contributed by atoms with E-state index in [-0.39, 0.29) is 11.9 Å². The first-order chi connectivity index (χ1) is 18.8. The molecule has 13 nitrogen and oxygen atoms in total. The third-order valence-electron chi connectivity index (χ3n) is 6.81. The van der Waals surface area contributed by atoms with Gasteiger partial charge in [-0.3, -0.25) is 23.7 Å². The third kappa shape index (κ3) is 6.70. The molecule has 2 aromatic rings. The van der Waals surface area contributed by atoms with Gasteiger partial charge in [-0.1, -0.05) is 24.6 Å². The molecule has 1 aromatic heterocycles. The highest BCUT2D eigenvalue weighted by atomic mass is 31.2. The van der Waals surface area contributed by atoms with Crippen LogP contribution in [-0.2, 0) is 23.4 Å². The molecule has 4 rings (SSSR count). The van der Waals surface area contributed by atoms with Gasteiger partial charge in [-0.2, -0.15) is 5.09 Å². The smallest absolute Gasteiger partial charge is 0.459 e. The van der Waals surface area contributed by atoms with Crippen LogP contribution >= 0.6 is 7.75 Å². The summed E-state index contributed by atoms with van der Waals surface area (Å²) in [7, 11) is -4.56. The van der Waals surface area contributed by atoms with Crippen molar-refractivity contribution in [1.29, 1.82) is 0 Å². The fourth-order valence-electron chi connectivity index (χ4n) is 4.63. The molecule has 0 bridgehead atoms. The predicted octanol–water partition coefficient (Wildman–Crippen LogP) is 1.90. The van der Waals surface area contributed by atoms with E-state index in [2.05, 4.69) is 5.09 Å². The van der Waals surface area contributed by atoms with Crippen molar-refractivity contribution in [3.05, 3.63) is 63.4 Å². The summed E-state index contributed by atoms with van der Waals surface area (Å²) >= 11 is 0. The zero-order valence-corrected chi connectivity index (χ0v) is 22.9. The number of aliphatic hydroxyl groups excluding tert-OH is 1. The summed E-state index contributed by atoms with van der Waals surface area (Å²) in [5, 5.41) is 23.9. The number of rotatable bonds is 10. The Bertz CT molecular complexity index is 1350. The summed E-state index contributed by atoms with van der Waals surface area (Å²) in [6.07, 6.45) is 0.925. The Labute approximate surface area is 228 Å². The Hall–Kier alpha value is -2.87. The highest BCUT2D eigenvalue weighted by molar-refractivity contribution is 7.52. The topological polar surface area (TPSA) is 178 Å².